The Labute approximate surface area is 189 Å². The van der Waals surface area contributed by atoms with E-state index >= 15 is 0 Å². The van der Waals surface area contributed by atoms with Crippen LogP contribution in [0.4, 0.5) is 0 Å². The number of benzene rings is 2. The second-order valence-corrected chi connectivity index (χ2v) is 7.25. The molecule has 170 valence electrons. The molecule has 2 rings (SSSR count). The number of unbranched alkanes of at least 4 members (excludes halogenated alkanes) is 4. The maximum absolute atomic E-state index is 12.5. The molecule has 0 aliphatic rings. The number of carbonyl (C=O) groups excluding carboxylic acids is 2. The minimum atomic E-state index is -0.471. The highest BCUT2D eigenvalue weighted by Crippen LogP contribution is 2.29. The van der Waals surface area contributed by atoms with Crippen LogP contribution in [0.2, 0.25) is 0 Å². The fraction of sp³-hybridized carbons (Fsp3) is 0.346. The van der Waals surface area contributed by atoms with Gasteiger partial charge >= 0.3 is 5.97 Å². The van der Waals surface area contributed by atoms with Crippen LogP contribution in [-0.2, 0) is 4.79 Å². The third-order valence-electron chi connectivity index (χ3n) is 4.82. The topological polar surface area (TPSA) is 74.2 Å². The van der Waals surface area contributed by atoms with Gasteiger partial charge in [0.05, 0.1) is 19.3 Å². The zero-order valence-electron chi connectivity index (χ0n) is 18.8. The van der Waals surface area contributed by atoms with Gasteiger partial charge in [0.15, 0.2) is 17.3 Å². The van der Waals surface area contributed by atoms with Gasteiger partial charge in [-0.25, -0.2) is 4.79 Å². The highest BCUT2D eigenvalue weighted by Gasteiger charge is 2.13. The number of esters is 1. The van der Waals surface area contributed by atoms with Crippen LogP contribution >= 0.6 is 0 Å². The van der Waals surface area contributed by atoms with Gasteiger partial charge in [-0.3, -0.25) is 9.79 Å². The summed E-state index contributed by atoms with van der Waals surface area (Å²) < 4.78 is 16.6. The highest BCUT2D eigenvalue weighted by molar-refractivity contribution is 5.92. The van der Waals surface area contributed by atoms with Gasteiger partial charge in [-0.1, -0.05) is 25.8 Å². The first-order chi connectivity index (χ1) is 15.6. The second-order valence-electron chi connectivity index (χ2n) is 7.25. The van der Waals surface area contributed by atoms with E-state index in [1.165, 1.54) is 13.2 Å². The van der Waals surface area contributed by atoms with Crippen molar-refractivity contribution >= 4 is 18.0 Å². The van der Waals surface area contributed by atoms with Crippen molar-refractivity contribution in [3.05, 3.63) is 66.2 Å². The number of hydrogen-bond acceptors (Lipinski definition) is 6. The van der Waals surface area contributed by atoms with Crippen LogP contribution in [0.1, 0.15) is 54.4 Å². The molecule has 6 nitrogen and oxygen atoms in total. The van der Waals surface area contributed by atoms with Crippen LogP contribution in [-0.4, -0.2) is 38.7 Å². The first-order valence-electron chi connectivity index (χ1n) is 10.8. The molecule has 0 saturated heterocycles. The average Bonchev–Trinajstić information content (AvgIpc) is 2.81. The summed E-state index contributed by atoms with van der Waals surface area (Å²) in [5.41, 5.74) is 1.31. The fourth-order valence-electron chi connectivity index (χ4n) is 3.07. The highest BCUT2D eigenvalue weighted by atomic mass is 16.5. The van der Waals surface area contributed by atoms with Gasteiger partial charge in [0.1, 0.15) is 5.75 Å². The molecular weight excluding hydrogens is 406 g/mol. The van der Waals surface area contributed by atoms with Crippen molar-refractivity contribution in [2.24, 2.45) is 4.99 Å². The maximum atomic E-state index is 12.5. The smallest absolute Gasteiger partial charge is 0.343 e. The summed E-state index contributed by atoms with van der Waals surface area (Å²) >= 11 is 0. The van der Waals surface area contributed by atoms with E-state index in [1.54, 1.807) is 43.6 Å². The largest absolute Gasteiger partial charge is 0.493 e. The first kappa shape index (κ1) is 24.9. The van der Waals surface area contributed by atoms with Gasteiger partial charge in [0.25, 0.3) is 0 Å². The molecule has 32 heavy (non-hydrogen) atoms. The predicted octanol–water partition coefficient (Wildman–Crippen LogP) is 5.44. The molecule has 0 bridgehead atoms. The third kappa shape index (κ3) is 8.38. The molecule has 0 heterocycles. The van der Waals surface area contributed by atoms with Crippen LogP contribution in [0.15, 0.2) is 60.1 Å². The Morgan fingerprint density at radius 3 is 2.38 bits per heavy atom. The number of carbonyl (C=O) groups is 2. The molecule has 0 aliphatic heterocycles. The van der Waals surface area contributed by atoms with Crippen molar-refractivity contribution in [3.63, 3.8) is 0 Å². The summed E-state index contributed by atoms with van der Waals surface area (Å²) in [6.45, 7) is 4.03. The maximum Gasteiger partial charge on any atom is 0.343 e. The average molecular weight is 438 g/mol. The summed E-state index contributed by atoms with van der Waals surface area (Å²) in [7, 11) is 3.24. The van der Waals surface area contributed by atoms with E-state index in [1.807, 2.05) is 12.1 Å². The van der Waals surface area contributed by atoms with Gasteiger partial charge in [-0.05, 0) is 66.9 Å². The lowest BCUT2D eigenvalue weighted by molar-refractivity contribution is -0.114. The number of methoxy groups -OCH3 is 1. The molecule has 0 unspecified atom stereocenters. The number of allylic oxidation sites excluding steroid dienone is 1. The monoisotopic (exact) mass is 437 g/mol. The summed E-state index contributed by atoms with van der Waals surface area (Å²) in [5, 5.41) is 0. The number of aliphatic imine (C=N–C) groups is 1. The van der Waals surface area contributed by atoms with Gasteiger partial charge < -0.3 is 14.2 Å². The number of ether oxygens (including phenoxy) is 3. The molecule has 0 atom stereocenters. The van der Waals surface area contributed by atoms with E-state index in [2.05, 4.69) is 11.6 Å². The summed E-state index contributed by atoms with van der Waals surface area (Å²) in [4.78, 5) is 27.6. The van der Waals surface area contributed by atoms with E-state index in [4.69, 9.17) is 14.2 Å². The lowest BCUT2D eigenvalue weighted by Crippen LogP contribution is -2.09. The molecule has 0 radical (unpaired) electrons. The van der Waals surface area contributed by atoms with E-state index in [0.29, 0.717) is 35.8 Å². The van der Waals surface area contributed by atoms with Crippen LogP contribution in [0.5, 0.6) is 17.2 Å². The Morgan fingerprint density at radius 2 is 1.69 bits per heavy atom. The molecular formula is C26H31NO5. The molecule has 0 spiro atoms. The number of rotatable bonds is 14. The van der Waals surface area contributed by atoms with Crippen LogP contribution in [0.25, 0.3) is 0 Å². The Hall–Kier alpha value is -3.41. The van der Waals surface area contributed by atoms with Gasteiger partial charge in [-0.2, -0.15) is 0 Å². The standard InChI is InChI=1S/C26H31NO5/c1-4-22(28)10-8-6-5-7-9-17-31-24-16-13-21(18-25(24)30-3)26(29)32-23-14-11-20(12-15-23)19-27-2/h4,11-16,18-19H,1,5-10,17H2,2-3H3/b27-19+. The minimum Gasteiger partial charge on any atom is -0.493 e. The van der Waals surface area contributed by atoms with E-state index in [-0.39, 0.29) is 5.78 Å². The normalized spacial score (nSPS) is 10.7. The fourth-order valence-corrected chi connectivity index (χ4v) is 3.07. The molecule has 0 aliphatic carbocycles. The Kier molecular flexibility index (Phi) is 10.7. The van der Waals surface area contributed by atoms with Crippen molar-refractivity contribution in [3.8, 4) is 17.2 Å². The van der Waals surface area contributed by atoms with Crippen LogP contribution in [0, 0.1) is 0 Å². The Bertz CT molecular complexity index is 918. The van der Waals surface area contributed by atoms with Gasteiger partial charge in [0, 0.05) is 19.7 Å². The van der Waals surface area contributed by atoms with Gasteiger partial charge in [-0.15, -0.1) is 0 Å². The number of ketones is 1. The van der Waals surface area contributed by atoms with Crippen molar-refractivity contribution in [1.82, 2.24) is 0 Å². The molecule has 0 aromatic heterocycles. The molecule has 0 amide bonds. The van der Waals surface area contributed by atoms with E-state index in [0.717, 1.165) is 37.7 Å². The zero-order chi connectivity index (χ0) is 23.2. The van der Waals surface area contributed by atoms with Crippen molar-refractivity contribution in [1.29, 1.82) is 0 Å². The Balaban J connectivity index is 1.80. The zero-order valence-corrected chi connectivity index (χ0v) is 18.8. The molecule has 6 heteroatoms. The van der Waals surface area contributed by atoms with Crippen molar-refractivity contribution < 1.29 is 23.8 Å². The predicted molar refractivity (Wildman–Crippen MR) is 126 cm³/mol. The lowest BCUT2D eigenvalue weighted by Gasteiger charge is -2.12. The quantitative estimate of drug-likeness (QED) is 0.129. The molecule has 0 saturated carbocycles. The van der Waals surface area contributed by atoms with Crippen LogP contribution < -0.4 is 14.2 Å². The summed E-state index contributed by atoms with van der Waals surface area (Å²) in [6, 6.07) is 12.1. The Morgan fingerprint density at radius 1 is 0.969 bits per heavy atom. The van der Waals surface area contributed by atoms with Crippen molar-refractivity contribution in [2.45, 2.75) is 38.5 Å². The minimum absolute atomic E-state index is 0.104. The molecule has 2 aromatic rings. The van der Waals surface area contributed by atoms with E-state index < -0.39 is 5.97 Å². The molecule has 2 aromatic carbocycles. The number of hydrogen-bond donors (Lipinski definition) is 0. The SMILES string of the molecule is C=CC(=O)CCCCCCCOc1ccc(C(=O)Oc2ccc(/C=N/C)cc2)cc1OC. The molecule has 0 N–H and O–H groups in total. The first-order valence-corrected chi connectivity index (χ1v) is 10.8. The summed E-state index contributed by atoms with van der Waals surface area (Å²) in [6.07, 6.45) is 8.59. The second kappa shape index (κ2) is 13.8. The van der Waals surface area contributed by atoms with Crippen LogP contribution in [0.3, 0.4) is 0 Å². The lowest BCUT2D eigenvalue weighted by atomic mass is 10.1. The summed E-state index contributed by atoms with van der Waals surface area (Å²) in [5.74, 6) is 1.16. The van der Waals surface area contributed by atoms with Gasteiger partial charge in [0.2, 0.25) is 0 Å². The number of nitrogens with zero attached hydrogens (tertiary/aromatic N) is 1. The third-order valence-corrected chi connectivity index (χ3v) is 4.82. The van der Waals surface area contributed by atoms with Crippen molar-refractivity contribution in [2.75, 3.05) is 20.8 Å². The van der Waals surface area contributed by atoms with E-state index in [9.17, 15) is 9.59 Å². The molecule has 0 fully saturated rings.